The van der Waals surface area contributed by atoms with Gasteiger partial charge in [0, 0.05) is 11.4 Å². The van der Waals surface area contributed by atoms with Gasteiger partial charge in [0.25, 0.3) is 0 Å². The van der Waals surface area contributed by atoms with Gasteiger partial charge in [0.1, 0.15) is 0 Å². The van der Waals surface area contributed by atoms with E-state index in [2.05, 4.69) is 103 Å². The molecule has 1 nitrogen and oxygen atoms in total. The fourth-order valence-corrected chi connectivity index (χ4v) is 5.06. The first kappa shape index (κ1) is 23.4. The van der Waals surface area contributed by atoms with Gasteiger partial charge in [0.15, 0.2) is 0 Å². The number of hydrogen-bond donors (Lipinski definition) is 1. The van der Waals surface area contributed by atoms with Gasteiger partial charge >= 0.3 is 0 Å². The van der Waals surface area contributed by atoms with Crippen LogP contribution >= 0.6 is 0 Å². The zero-order valence-corrected chi connectivity index (χ0v) is 21.0. The van der Waals surface area contributed by atoms with E-state index in [-0.39, 0.29) is 0 Å². The molecule has 178 valence electrons. The first-order chi connectivity index (χ1) is 17.2. The summed E-state index contributed by atoms with van der Waals surface area (Å²) in [5.41, 5.74) is 12.2. The van der Waals surface area contributed by atoms with Crippen LogP contribution in [0.25, 0.3) is 11.1 Å². The number of benzene rings is 4. The Morgan fingerprint density at radius 2 is 1.17 bits per heavy atom. The van der Waals surface area contributed by atoms with Crippen molar-refractivity contribution >= 4 is 11.4 Å². The van der Waals surface area contributed by atoms with Gasteiger partial charge in [-0.25, -0.2) is 0 Å². The number of nitrogens with one attached hydrogen (secondary N) is 1. The average molecular weight is 460 g/mol. The summed E-state index contributed by atoms with van der Waals surface area (Å²) in [6.07, 6.45) is 11.6. The van der Waals surface area contributed by atoms with E-state index in [1.165, 1.54) is 84.9 Å². The molecule has 0 bridgehead atoms. The van der Waals surface area contributed by atoms with Crippen LogP contribution in [0.15, 0.2) is 91.0 Å². The van der Waals surface area contributed by atoms with Gasteiger partial charge in [0.2, 0.25) is 0 Å². The van der Waals surface area contributed by atoms with Crippen molar-refractivity contribution in [2.24, 2.45) is 0 Å². The summed E-state index contributed by atoms with van der Waals surface area (Å²) in [4.78, 5) is 0. The molecule has 1 aliphatic carbocycles. The molecule has 0 fully saturated rings. The van der Waals surface area contributed by atoms with E-state index in [1.807, 2.05) is 0 Å². The largest absolute Gasteiger partial charge is 0.356 e. The van der Waals surface area contributed by atoms with Crippen LogP contribution < -0.4 is 5.32 Å². The molecule has 4 aromatic carbocycles. The quantitative estimate of drug-likeness (QED) is 0.220. The van der Waals surface area contributed by atoms with Crippen LogP contribution in [0.2, 0.25) is 0 Å². The minimum absolute atomic E-state index is 1.13. The molecule has 1 aliphatic rings. The fraction of sp³-hybridized carbons (Fsp3) is 0.294. The van der Waals surface area contributed by atoms with Gasteiger partial charge in [-0.15, -0.1) is 0 Å². The third-order valence-corrected chi connectivity index (χ3v) is 7.35. The number of anilines is 2. The Morgan fingerprint density at radius 1 is 0.543 bits per heavy atom. The minimum atomic E-state index is 1.13. The van der Waals surface area contributed by atoms with Gasteiger partial charge in [0.05, 0.1) is 0 Å². The first-order valence-corrected chi connectivity index (χ1v) is 13.4. The molecular formula is C34H37N. The molecule has 0 aromatic heterocycles. The van der Waals surface area contributed by atoms with Crippen LogP contribution in [0.3, 0.4) is 0 Å². The van der Waals surface area contributed by atoms with E-state index in [0.717, 1.165) is 12.1 Å². The Balaban J connectivity index is 1.03. The molecule has 0 amide bonds. The molecule has 4 aromatic rings. The number of aryl methyl sites for hydroxylation is 5. The van der Waals surface area contributed by atoms with Gasteiger partial charge in [-0.1, -0.05) is 91.6 Å². The molecule has 0 atom stereocenters. The maximum absolute atomic E-state index is 3.58. The van der Waals surface area contributed by atoms with Crippen LogP contribution in [0, 0.1) is 6.92 Å². The Hall–Kier alpha value is -3.32. The summed E-state index contributed by atoms with van der Waals surface area (Å²) >= 11 is 0. The first-order valence-electron chi connectivity index (χ1n) is 13.4. The third-order valence-electron chi connectivity index (χ3n) is 7.35. The predicted molar refractivity (Wildman–Crippen MR) is 151 cm³/mol. The lowest BCUT2D eigenvalue weighted by molar-refractivity contribution is 0.613. The lowest BCUT2D eigenvalue weighted by Gasteiger charge is -2.19. The van der Waals surface area contributed by atoms with E-state index in [4.69, 9.17) is 0 Å². The SMILES string of the molecule is Cc1ccc(-c2ccc(Nc3cccc(CCCCCCCc4ccc5c(c4)CC5)c3)cc2)cc1. The Bertz CT molecular complexity index is 1230. The van der Waals surface area contributed by atoms with Crippen LogP contribution in [-0.4, -0.2) is 0 Å². The fourth-order valence-electron chi connectivity index (χ4n) is 5.06. The summed E-state index contributed by atoms with van der Waals surface area (Å²) in [7, 11) is 0. The van der Waals surface area contributed by atoms with E-state index in [0.29, 0.717) is 0 Å². The maximum atomic E-state index is 3.58. The lowest BCUT2D eigenvalue weighted by Crippen LogP contribution is -2.08. The molecule has 0 heterocycles. The topological polar surface area (TPSA) is 12.0 Å². The highest BCUT2D eigenvalue weighted by atomic mass is 14.9. The van der Waals surface area contributed by atoms with Gasteiger partial charge in [-0.05, 0) is 103 Å². The molecule has 0 aliphatic heterocycles. The lowest BCUT2D eigenvalue weighted by atomic mass is 9.86. The smallest absolute Gasteiger partial charge is 0.0386 e. The highest BCUT2D eigenvalue weighted by Gasteiger charge is 2.12. The summed E-state index contributed by atoms with van der Waals surface area (Å²) in [6.45, 7) is 2.13. The van der Waals surface area contributed by atoms with Crippen molar-refractivity contribution in [1.29, 1.82) is 0 Å². The molecule has 0 radical (unpaired) electrons. The van der Waals surface area contributed by atoms with E-state index < -0.39 is 0 Å². The Morgan fingerprint density at radius 3 is 1.83 bits per heavy atom. The van der Waals surface area contributed by atoms with Gasteiger partial charge in [-0.2, -0.15) is 0 Å². The second kappa shape index (κ2) is 11.4. The highest BCUT2D eigenvalue weighted by Crippen LogP contribution is 2.26. The van der Waals surface area contributed by atoms with Gasteiger partial charge < -0.3 is 5.32 Å². The number of hydrogen-bond acceptors (Lipinski definition) is 1. The summed E-state index contributed by atoms with van der Waals surface area (Å²) in [6, 6.07) is 33.5. The standard InChI is InChI=1S/C34H37N/c1-26-12-15-29(16-13-26)30-20-22-33(23-21-30)35-34-11-7-10-27(25-34)8-5-3-2-4-6-9-28-14-17-31-18-19-32(31)24-28/h7,10-17,20-25,35H,2-6,8-9,18-19H2,1H3. The average Bonchev–Trinajstić information content (AvgIpc) is 2.86. The van der Waals surface area contributed by atoms with Crippen molar-refractivity contribution in [2.75, 3.05) is 5.32 Å². The van der Waals surface area contributed by atoms with Crippen molar-refractivity contribution in [3.8, 4) is 11.1 Å². The molecule has 0 saturated heterocycles. The summed E-state index contributed by atoms with van der Waals surface area (Å²) in [5, 5.41) is 3.58. The molecule has 0 spiro atoms. The monoisotopic (exact) mass is 459 g/mol. The molecular weight excluding hydrogens is 422 g/mol. The number of unbranched alkanes of at least 4 members (excludes halogenated alkanes) is 4. The summed E-state index contributed by atoms with van der Waals surface area (Å²) in [5.74, 6) is 0. The van der Waals surface area contributed by atoms with Crippen molar-refractivity contribution < 1.29 is 0 Å². The number of fused-ring (bicyclic) bond motifs is 1. The Labute approximate surface area is 211 Å². The van der Waals surface area contributed by atoms with Crippen molar-refractivity contribution in [2.45, 2.75) is 64.7 Å². The molecule has 5 rings (SSSR count). The minimum Gasteiger partial charge on any atom is -0.356 e. The second-order valence-corrected chi connectivity index (χ2v) is 10.1. The molecule has 1 N–H and O–H groups in total. The maximum Gasteiger partial charge on any atom is 0.0386 e. The van der Waals surface area contributed by atoms with E-state index in [1.54, 1.807) is 11.1 Å². The van der Waals surface area contributed by atoms with Gasteiger partial charge in [-0.3, -0.25) is 0 Å². The molecule has 35 heavy (non-hydrogen) atoms. The van der Waals surface area contributed by atoms with Crippen LogP contribution in [0.1, 0.15) is 59.9 Å². The summed E-state index contributed by atoms with van der Waals surface area (Å²) < 4.78 is 0. The van der Waals surface area contributed by atoms with Crippen molar-refractivity contribution in [3.05, 3.63) is 119 Å². The molecule has 0 saturated carbocycles. The van der Waals surface area contributed by atoms with Crippen LogP contribution in [0.4, 0.5) is 11.4 Å². The number of rotatable bonds is 11. The zero-order valence-electron chi connectivity index (χ0n) is 21.0. The molecule has 1 heteroatoms. The predicted octanol–water partition coefficient (Wildman–Crippen LogP) is 9.24. The molecule has 0 unspecified atom stereocenters. The van der Waals surface area contributed by atoms with Crippen molar-refractivity contribution in [3.63, 3.8) is 0 Å². The van der Waals surface area contributed by atoms with Crippen LogP contribution in [0.5, 0.6) is 0 Å². The van der Waals surface area contributed by atoms with Crippen LogP contribution in [-0.2, 0) is 25.7 Å². The second-order valence-electron chi connectivity index (χ2n) is 10.1. The van der Waals surface area contributed by atoms with E-state index in [9.17, 15) is 0 Å². The third kappa shape index (κ3) is 6.42. The normalized spacial score (nSPS) is 12.1. The Kier molecular flexibility index (Phi) is 7.63. The zero-order chi connectivity index (χ0) is 23.9. The van der Waals surface area contributed by atoms with Crippen molar-refractivity contribution in [1.82, 2.24) is 0 Å². The highest BCUT2D eigenvalue weighted by molar-refractivity contribution is 5.68. The van der Waals surface area contributed by atoms with E-state index >= 15 is 0 Å².